The summed E-state index contributed by atoms with van der Waals surface area (Å²) in [5.74, 6) is 0. The standard InChI is InChI=1S/C18H10N4/c1-2-4-12-11(3-1)5-6-13-14(12)16-18(22-10-8-20-16)17-15(13)19-7-9-21-17/h1-10H. The highest BCUT2D eigenvalue weighted by molar-refractivity contribution is 6.27. The molecule has 4 heteroatoms. The van der Waals surface area contributed by atoms with E-state index in [4.69, 9.17) is 0 Å². The number of rotatable bonds is 0. The predicted molar refractivity (Wildman–Crippen MR) is 87.6 cm³/mol. The van der Waals surface area contributed by atoms with Gasteiger partial charge in [0.05, 0.1) is 11.0 Å². The van der Waals surface area contributed by atoms with Crippen molar-refractivity contribution in [3.63, 3.8) is 0 Å². The molecule has 0 aliphatic rings. The molecule has 0 bridgehead atoms. The van der Waals surface area contributed by atoms with Gasteiger partial charge in [0.25, 0.3) is 0 Å². The molecule has 0 saturated carbocycles. The second kappa shape index (κ2) is 4.18. The predicted octanol–water partition coefficient (Wildman–Crippen LogP) is 3.88. The zero-order valence-electron chi connectivity index (χ0n) is 11.6. The van der Waals surface area contributed by atoms with Crippen LogP contribution in [0.25, 0.3) is 43.6 Å². The maximum atomic E-state index is 4.58. The van der Waals surface area contributed by atoms with Gasteiger partial charge in [-0.1, -0.05) is 36.4 Å². The lowest BCUT2D eigenvalue weighted by molar-refractivity contribution is 1.27. The van der Waals surface area contributed by atoms with Crippen LogP contribution in [-0.4, -0.2) is 19.9 Å². The van der Waals surface area contributed by atoms with E-state index in [1.807, 2.05) is 12.1 Å². The van der Waals surface area contributed by atoms with E-state index in [9.17, 15) is 0 Å². The van der Waals surface area contributed by atoms with E-state index in [1.165, 1.54) is 5.39 Å². The fourth-order valence-corrected chi connectivity index (χ4v) is 3.13. The van der Waals surface area contributed by atoms with Gasteiger partial charge in [-0.25, -0.2) is 0 Å². The molecule has 3 aromatic carbocycles. The fraction of sp³-hybridized carbons (Fsp3) is 0. The Bertz CT molecular complexity index is 1140. The summed E-state index contributed by atoms with van der Waals surface area (Å²) in [6, 6.07) is 12.5. The minimum Gasteiger partial charge on any atom is -0.252 e. The van der Waals surface area contributed by atoms with Crippen LogP contribution in [0.1, 0.15) is 0 Å². The van der Waals surface area contributed by atoms with Gasteiger partial charge in [-0.3, -0.25) is 19.9 Å². The van der Waals surface area contributed by atoms with Crippen LogP contribution in [0.3, 0.4) is 0 Å². The minimum absolute atomic E-state index is 0.799. The number of fused-ring (bicyclic) bond motifs is 8. The van der Waals surface area contributed by atoms with Crippen molar-refractivity contribution in [1.29, 1.82) is 0 Å². The van der Waals surface area contributed by atoms with Crippen LogP contribution >= 0.6 is 0 Å². The summed E-state index contributed by atoms with van der Waals surface area (Å²) in [6.07, 6.45) is 6.85. The van der Waals surface area contributed by atoms with Crippen molar-refractivity contribution in [2.75, 3.05) is 0 Å². The van der Waals surface area contributed by atoms with E-state index in [2.05, 4.69) is 44.2 Å². The molecule has 22 heavy (non-hydrogen) atoms. The lowest BCUT2D eigenvalue weighted by Gasteiger charge is -2.09. The van der Waals surface area contributed by atoms with Crippen molar-refractivity contribution in [3.8, 4) is 0 Å². The lowest BCUT2D eigenvalue weighted by Crippen LogP contribution is -1.92. The molecule has 4 nitrogen and oxygen atoms in total. The molecule has 0 amide bonds. The molecule has 0 N–H and O–H groups in total. The summed E-state index contributed by atoms with van der Waals surface area (Å²) in [5.41, 5.74) is 3.35. The summed E-state index contributed by atoms with van der Waals surface area (Å²) in [4.78, 5) is 18.1. The zero-order chi connectivity index (χ0) is 14.5. The van der Waals surface area contributed by atoms with Gasteiger partial charge in [-0.05, 0) is 10.8 Å². The number of benzene rings is 3. The van der Waals surface area contributed by atoms with Crippen molar-refractivity contribution < 1.29 is 0 Å². The molecule has 102 valence electrons. The fourth-order valence-electron chi connectivity index (χ4n) is 3.13. The maximum Gasteiger partial charge on any atom is 0.117 e. The molecular formula is C18H10N4. The second-order valence-corrected chi connectivity index (χ2v) is 5.22. The Kier molecular flexibility index (Phi) is 2.19. The second-order valence-electron chi connectivity index (χ2n) is 5.22. The van der Waals surface area contributed by atoms with Crippen molar-refractivity contribution in [3.05, 3.63) is 61.2 Å². The van der Waals surface area contributed by atoms with E-state index >= 15 is 0 Å². The summed E-state index contributed by atoms with van der Waals surface area (Å²) < 4.78 is 0. The first-order chi connectivity index (χ1) is 10.9. The first-order valence-corrected chi connectivity index (χ1v) is 7.08. The number of aromatic nitrogens is 4. The third-order valence-electron chi connectivity index (χ3n) is 4.04. The lowest BCUT2D eigenvalue weighted by atomic mass is 9.99. The average molecular weight is 282 g/mol. The van der Waals surface area contributed by atoms with E-state index in [0.717, 1.165) is 38.2 Å². The summed E-state index contributed by atoms with van der Waals surface area (Å²) >= 11 is 0. The van der Waals surface area contributed by atoms with Gasteiger partial charge in [0, 0.05) is 35.6 Å². The third kappa shape index (κ3) is 1.41. The number of hydrogen-bond donors (Lipinski definition) is 0. The molecule has 0 atom stereocenters. The monoisotopic (exact) mass is 282 g/mol. The third-order valence-corrected chi connectivity index (χ3v) is 4.04. The van der Waals surface area contributed by atoms with Crippen LogP contribution in [0, 0.1) is 0 Å². The van der Waals surface area contributed by atoms with Crippen molar-refractivity contribution >= 4 is 43.6 Å². The van der Waals surface area contributed by atoms with Gasteiger partial charge in [-0.2, -0.15) is 0 Å². The minimum atomic E-state index is 0.799. The molecule has 0 unspecified atom stereocenters. The van der Waals surface area contributed by atoms with Gasteiger partial charge in [0.15, 0.2) is 0 Å². The van der Waals surface area contributed by atoms with E-state index in [0.29, 0.717) is 0 Å². The Balaban J connectivity index is 2.24. The molecule has 2 heterocycles. The quantitative estimate of drug-likeness (QED) is 0.404. The van der Waals surface area contributed by atoms with Crippen LogP contribution in [0.4, 0.5) is 0 Å². The molecule has 0 aliphatic carbocycles. The average Bonchev–Trinajstić information content (AvgIpc) is 2.61. The van der Waals surface area contributed by atoms with E-state index in [1.54, 1.807) is 24.8 Å². The Hall–Kier alpha value is -3.14. The van der Waals surface area contributed by atoms with Crippen molar-refractivity contribution in [2.45, 2.75) is 0 Å². The molecule has 0 spiro atoms. The molecule has 2 aromatic heterocycles. The largest absolute Gasteiger partial charge is 0.252 e. The van der Waals surface area contributed by atoms with Gasteiger partial charge in [0.1, 0.15) is 11.0 Å². The Morgan fingerprint density at radius 3 is 1.95 bits per heavy atom. The van der Waals surface area contributed by atoms with Crippen molar-refractivity contribution in [1.82, 2.24) is 19.9 Å². The highest BCUT2D eigenvalue weighted by Gasteiger charge is 2.13. The van der Waals surface area contributed by atoms with Crippen LogP contribution < -0.4 is 0 Å². The molecule has 5 aromatic rings. The topological polar surface area (TPSA) is 51.6 Å². The summed E-state index contributed by atoms with van der Waals surface area (Å²) in [5, 5.41) is 4.51. The maximum absolute atomic E-state index is 4.58. The SMILES string of the molecule is c1ccc2c(c1)ccc1c3nccnc3c3nccnc3c21. The Labute approximate surface area is 125 Å². The molecule has 0 fully saturated rings. The highest BCUT2D eigenvalue weighted by atomic mass is 14.8. The van der Waals surface area contributed by atoms with E-state index in [-0.39, 0.29) is 0 Å². The van der Waals surface area contributed by atoms with Gasteiger partial charge in [-0.15, -0.1) is 0 Å². The normalized spacial score (nSPS) is 11.6. The first kappa shape index (κ1) is 11.5. The van der Waals surface area contributed by atoms with E-state index < -0.39 is 0 Å². The first-order valence-electron chi connectivity index (χ1n) is 7.08. The van der Waals surface area contributed by atoms with Crippen LogP contribution in [0.15, 0.2) is 61.2 Å². The van der Waals surface area contributed by atoms with Crippen LogP contribution in [0.2, 0.25) is 0 Å². The van der Waals surface area contributed by atoms with Crippen LogP contribution in [-0.2, 0) is 0 Å². The summed E-state index contributed by atoms with van der Waals surface area (Å²) in [7, 11) is 0. The smallest absolute Gasteiger partial charge is 0.117 e. The van der Waals surface area contributed by atoms with Gasteiger partial charge < -0.3 is 0 Å². The Morgan fingerprint density at radius 2 is 1.14 bits per heavy atom. The number of nitrogens with zero attached hydrogens (tertiary/aromatic N) is 4. The Morgan fingerprint density at radius 1 is 0.500 bits per heavy atom. The molecule has 5 rings (SSSR count). The summed E-state index contributed by atoms with van der Waals surface area (Å²) in [6.45, 7) is 0. The molecule has 0 saturated heterocycles. The van der Waals surface area contributed by atoms with Crippen molar-refractivity contribution in [2.24, 2.45) is 0 Å². The van der Waals surface area contributed by atoms with Crippen LogP contribution in [0.5, 0.6) is 0 Å². The van der Waals surface area contributed by atoms with Gasteiger partial charge >= 0.3 is 0 Å². The zero-order valence-corrected chi connectivity index (χ0v) is 11.6. The molecular weight excluding hydrogens is 272 g/mol. The highest BCUT2D eigenvalue weighted by Crippen LogP contribution is 2.35. The molecule has 0 radical (unpaired) electrons. The number of hydrogen-bond acceptors (Lipinski definition) is 4. The molecule has 0 aliphatic heterocycles. The van der Waals surface area contributed by atoms with Gasteiger partial charge in [0.2, 0.25) is 0 Å².